The van der Waals surface area contributed by atoms with Crippen molar-refractivity contribution in [3.05, 3.63) is 29.6 Å². The lowest BCUT2D eigenvalue weighted by Crippen LogP contribution is -2.32. The van der Waals surface area contributed by atoms with Crippen molar-refractivity contribution in [3.63, 3.8) is 0 Å². The van der Waals surface area contributed by atoms with Crippen molar-refractivity contribution in [1.82, 2.24) is 14.9 Å². The summed E-state index contributed by atoms with van der Waals surface area (Å²) in [4.78, 5) is 9.84. The molecule has 1 fully saturated rings. The molecule has 0 amide bonds. The van der Waals surface area contributed by atoms with Gasteiger partial charge in [-0.25, -0.2) is 13.8 Å². The maximum atomic E-state index is 13.2. The van der Waals surface area contributed by atoms with Crippen molar-refractivity contribution < 1.29 is 8.78 Å². The largest absolute Gasteiger partial charge is 0.341 e. The van der Waals surface area contributed by atoms with Crippen molar-refractivity contribution in [2.45, 2.75) is 32.2 Å². The van der Waals surface area contributed by atoms with Crippen LogP contribution in [0.1, 0.15) is 38.1 Å². The summed E-state index contributed by atoms with van der Waals surface area (Å²) in [5.74, 6) is -0.911. The van der Waals surface area contributed by atoms with Gasteiger partial charge in [-0.05, 0) is 32.9 Å². The summed E-state index contributed by atoms with van der Waals surface area (Å²) < 4.78 is 26.4. The van der Waals surface area contributed by atoms with Gasteiger partial charge in [0, 0.05) is 12.1 Å². The highest BCUT2D eigenvalue weighted by Gasteiger charge is 2.21. The summed E-state index contributed by atoms with van der Waals surface area (Å²) in [6.45, 7) is 4.19. The number of likely N-dealkylation sites (tertiary alicyclic amines) is 1. The highest BCUT2D eigenvalue weighted by Crippen LogP contribution is 2.25. The zero-order valence-electron chi connectivity index (χ0n) is 10.9. The second-order valence-electron chi connectivity index (χ2n) is 5.18. The normalized spacial score (nSPS) is 18.9. The number of fused-ring (bicyclic) bond motifs is 1. The third-order valence-electron chi connectivity index (χ3n) is 3.88. The van der Waals surface area contributed by atoms with Gasteiger partial charge in [-0.2, -0.15) is 0 Å². The van der Waals surface area contributed by atoms with Crippen LogP contribution in [0.25, 0.3) is 11.0 Å². The number of halogens is 2. The topological polar surface area (TPSA) is 31.9 Å². The number of benzene rings is 1. The van der Waals surface area contributed by atoms with Crippen molar-refractivity contribution in [2.24, 2.45) is 0 Å². The van der Waals surface area contributed by atoms with E-state index in [0.29, 0.717) is 11.0 Å². The number of nitrogens with one attached hydrogen (secondary N) is 1. The Bertz CT molecular complexity index is 549. The highest BCUT2D eigenvalue weighted by molar-refractivity contribution is 5.75. The van der Waals surface area contributed by atoms with E-state index in [-0.39, 0.29) is 6.04 Å². The monoisotopic (exact) mass is 265 g/mol. The Kier molecular flexibility index (Phi) is 3.22. The van der Waals surface area contributed by atoms with Crippen LogP contribution in [-0.4, -0.2) is 28.0 Å². The zero-order chi connectivity index (χ0) is 13.4. The maximum absolute atomic E-state index is 13.2. The number of aromatic amines is 1. The molecule has 19 heavy (non-hydrogen) atoms. The number of piperidine rings is 1. The fourth-order valence-corrected chi connectivity index (χ4v) is 2.70. The van der Waals surface area contributed by atoms with E-state index in [0.717, 1.165) is 25.0 Å². The molecule has 2 heterocycles. The molecule has 2 aromatic rings. The Balaban J connectivity index is 1.91. The summed E-state index contributed by atoms with van der Waals surface area (Å²) in [6, 6.07) is 2.47. The summed E-state index contributed by atoms with van der Waals surface area (Å²) in [7, 11) is 0. The minimum atomic E-state index is -0.851. The second kappa shape index (κ2) is 4.89. The average Bonchev–Trinajstić information content (AvgIpc) is 2.82. The van der Waals surface area contributed by atoms with Gasteiger partial charge in [0.2, 0.25) is 0 Å². The number of H-pyrrole nitrogens is 1. The first-order valence-corrected chi connectivity index (χ1v) is 6.74. The van der Waals surface area contributed by atoms with E-state index >= 15 is 0 Å². The van der Waals surface area contributed by atoms with Gasteiger partial charge in [-0.15, -0.1) is 0 Å². The van der Waals surface area contributed by atoms with E-state index in [1.807, 2.05) is 0 Å². The van der Waals surface area contributed by atoms with Crippen LogP contribution >= 0.6 is 0 Å². The molecule has 3 rings (SSSR count). The summed E-state index contributed by atoms with van der Waals surface area (Å²) in [5.41, 5.74) is 1.04. The first-order chi connectivity index (χ1) is 9.15. The molecule has 0 aliphatic carbocycles. The van der Waals surface area contributed by atoms with Crippen LogP contribution in [-0.2, 0) is 0 Å². The standard InChI is InChI=1S/C14H17F2N3/c1-9(19-5-3-2-4-6-19)14-17-12-7-10(15)11(16)8-13(12)18-14/h7-9H,2-6H2,1H3,(H,17,18). The summed E-state index contributed by atoms with van der Waals surface area (Å²) >= 11 is 0. The summed E-state index contributed by atoms with van der Waals surface area (Å²) in [5, 5.41) is 0. The van der Waals surface area contributed by atoms with E-state index in [1.165, 1.54) is 25.3 Å². The quantitative estimate of drug-likeness (QED) is 0.902. The molecule has 1 N–H and O–H groups in total. The van der Waals surface area contributed by atoms with Gasteiger partial charge >= 0.3 is 0 Å². The van der Waals surface area contributed by atoms with E-state index in [1.54, 1.807) is 0 Å². The van der Waals surface area contributed by atoms with Crippen LogP contribution < -0.4 is 0 Å². The third-order valence-corrected chi connectivity index (χ3v) is 3.88. The first kappa shape index (κ1) is 12.5. The number of hydrogen-bond donors (Lipinski definition) is 1. The lowest BCUT2D eigenvalue weighted by Gasteiger charge is -2.31. The van der Waals surface area contributed by atoms with Crippen LogP contribution in [0.5, 0.6) is 0 Å². The fourth-order valence-electron chi connectivity index (χ4n) is 2.70. The molecule has 0 saturated carbocycles. The number of aromatic nitrogens is 2. The molecule has 102 valence electrons. The minimum Gasteiger partial charge on any atom is -0.341 e. The Morgan fingerprint density at radius 1 is 1.16 bits per heavy atom. The van der Waals surface area contributed by atoms with Crippen molar-refractivity contribution in [3.8, 4) is 0 Å². The van der Waals surface area contributed by atoms with Gasteiger partial charge in [-0.1, -0.05) is 6.42 Å². The van der Waals surface area contributed by atoms with Crippen LogP contribution in [0, 0.1) is 11.6 Å². The molecule has 1 aliphatic heterocycles. The lowest BCUT2D eigenvalue weighted by molar-refractivity contribution is 0.169. The third kappa shape index (κ3) is 2.34. The first-order valence-electron chi connectivity index (χ1n) is 6.74. The minimum absolute atomic E-state index is 0.152. The van der Waals surface area contributed by atoms with Crippen molar-refractivity contribution in [2.75, 3.05) is 13.1 Å². The zero-order valence-corrected chi connectivity index (χ0v) is 10.9. The molecule has 0 radical (unpaired) electrons. The smallest absolute Gasteiger partial charge is 0.161 e. The molecule has 3 nitrogen and oxygen atoms in total. The molecular formula is C14H17F2N3. The predicted octanol–water partition coefficient (Wildman–Crippen LogP) is 3.39. The van der Waals surface area contributed by atoms with Gasteiger partial charge in [0.25, 0.3) is 0 Å². The molecule has 0 spiro atoms. The highest BCUT2D eigenvalue weighted by atomic mass is 19.2. The second-order valence-corrected chi connectivity index (χ2v) is 5.18. The van der Waals surface area contributed by atoms with Gasteiger partial charge in [0.15, 0.2) is 11.6 Å². The van der Waals surface area contributed by atoms with Crippen LogP contribution in [0.3, 0.4) is 0 Å². The van der Waals surface area contributed by atoms with Crippen LogP contribution in [0.4, 0.5) is 8.78 Å². The van der Waals surface area contributed by atoms with E-state index in [9.17, 15) is 8.78 Å². The van der Waals surface area contributed by atoms with Crippen molar-refractivity contribution >= 4 is 11.0 Å². The number of nitrogens with zero attached hydrogens (tertiary/aromatic N) is 2. The molecule has 1 atom stereocenters. The molecule has 1 unspecified atom stereocenters. The number of hydrogen-bond acceptors (Lipinski definition) is 2. The molecule has 1 saturated heterocycles. The summed E-state index contributed by atoms with van der Waals surface area (Å²) in [6.07, 6.45) is 3.68. The Hall–Kier alpha value is -1.49. The van der Waals surface area contributed by atoms with Gasteiger partial charge < -0.3 is 4.98 Å². The van der Waals surface area contributed by atoms with Crippen LogP contribution in [0.15, 0.2) is 12.1 Å². The number of rotatable bonds is 2. The Labute approximate surface area is 110 Å². The molecule has 0 bridgehead atoms. The molecule has 1 aromatic carbocycles. The van der Waals surface area contributed by atoms with Crippen LogP contribution in [0.2, 0.25) is 0 Å². The number of imidazole rings is 1. The van der Waals surface area contributed by atoms with Gasteiger partial charge in [-0.3, -0.25) is 4.90 Å². The average molecular weight is 265 g/mol. The fraction of sp³-hybridized carbons (Fsp3) is 0.500. The Morgan fingerprint density at radius 3 is 2.58 bits per heavy atom. The SMILES string of the molecule is CC(c1nc2cc(F)c(F)cc2[nH]1)N1CCCCC1. The van der Waals surface area contributed by atoms with Crippen molar-refractivity contribution in [1.29, 1.82) is 0 Å². The van der Waals surface area contributed by atoms with E-state index < -0.39 is 11.6 Å². The molecule has 1 aliphatic rings. The molecule has 1 aromatic heterocycles. The van der Waals surface area contributed by atoms with E-state index in [4.69, 9.17) is 0 Å². The molecule has 5 heteroatoms. The predicted molar refractivity (Wildman–Crippen MR) is 69.8 cm³/mol. The Morgan fingerprint density at radius 2 is 1.84 bits per heavy atom. The van der Waals surface area contributed by atoms with Gasteiger partial charge in [0.1, 0.15) is 5.82 Å². The van der Waals surface area contributed by atoms with Gasteiger partial charge in [0.05, 0.1) is 17.1 Å². The molecular weight excluding hydrogens is 248 g/mol. The lowest BCUT2D eigenvalue weighted by atomic mass is 10.1. The van der Waals surface area contributed by atoms with E-state index in [2.05, 4.69) is 21.8 Å². The maximum Gasteiger partial charge on any atom is 0.161 e.